The van der Waals surface area contributed by atoms with Gasteiger partial charge in [-0.3, -0.25) is 9.59 Å². The molecule has 1 aliphatic rings. The molecule has 0 aromatic heterocycles. The predicted octanol–water partition coefficient (Wildman–Crippen LogP) is 0.522. The van der Waals surface area contributed by atoms with E-state index >= 15 is 0 Å². The number of carbonyl (C=O) groups is 2. The summed E-state index contributed by atoms with van der Waals surface area (Å²) in [4.78, 5) is 25.3. The Hall–Kier alpha value is -1.97. The van der Waals surface area contributed by atoms with E-state index in [1.165, 1.54) is 31.2 Å². The Morgan fingerprint density at radius 3 is 2.31 bits per heavy atom. The summed E-state index contributed by atoms with van der Waals surface area (Å²) < 4.78 is 27.4. The van der Waals surface area contributed by atoms with Gasteiger partial charge in [-0.2, -0.15) is 4.72 Å². The van der Waals surface area contributed by atoms with Gasteiger partial charge in [0.25, 0.3) is 0 Å². The summed E-state index contributed by atoms with van der Waals surface area (Å²) in [6, 6.07) is 5.04. The van der Waals surface area contributed by atoms with Gasteiger partial charge in [-0.05, 0) is 57.1 Å². The number of rotatable bonds is 6. The van der Waals surface area contributed by atoms with E-state index in [0.29, 0.717) is 5.69 Å². The molecule has 0 bridgehead atoms. The van der Waals surface area contributed by atoms with Crippen molar-refractivity contribution in [2.75, 3.05) is 25.5 Å². The standard InChI is InChI=1S/C17H26N4O4S/c1-12(17(23)21(3)15-8-10-18-11-9-15)20-26(24,25)16-6-4-14(5-7-16)19-13(2)22/h4-7,12,15,18,20H,8-11H2,1-3H3,(H,19,22). The van der Waals surface area contributed by atoms with Crippen LogP contribution in [0.1, 0.15) is 26.7 Å². The molecular formula is C17H26N4O4S. The van der Waals surface area contributed by atoms with Crippen molar-refractivity contribution in [3.63, 3.8) is 0 Å². The molecule has 1 aromatic carbocycles. The lowest BCUT2D eigenvalue weighted by Crippen LogP contribution is -2.51. The van der Waals surface area contributed by atoms with Crippen LogP contribution in [-0.2, 0) is 19.6 Å². The van der Waals surface area contributed by atoms with Crippen LogP contribution >= 0.6 is 0 Å². The van der Waals surface area contributed by atoms with Crippen LogP contribution in [0.5, 0.6) is 0 Å². The zero-order valence-corrected chi connectivity index (χ0v) is 16.1. The first kappa shape index (κ1) is 20.3. The summed E-state index contributed by atoms with van der Waals surface area (Å²) in [5, 5.41) is 5.81. The molecule has 8 nitrogen and oxygen atoms in total. The minimum Gasteiger partial charge on any atom is -0.341 e. The third kappa shape index (κ3) is 5.26. The normalized spacial score (nSPS) is 16.7. The van der Waals surface area contributed by atoms with Gasteiger partial charge in [-0.25, -0.2) is 8.42 Å². The molecule has 0 radical (unpaired) electrons. The molecule has 0 aliphatic carbocycles. The van der Waals surface area contributed by atoms with Crippen LogP contribution in [0.25, 0.3) is 0 Å². The van der Waals surface area contributed by atoms with E-state index in [1.807, 2.05) is 0 Å². The van der Waals surface area contributed by atoms with Crippen molar-refractivity contribution in [2.45, 2.75) is 43.7 Å². The molecule has 0 saturated carbocycles. The predicted molar refractivity (Wildman–Crippen MR) is 99.2 cm³/mol. The Bertz CT molecular complexity index is 743. The summed E-state index contributed by atoms with van der Waals surface area (Å²) >= 11 is 0. The lowest BCUT2D eigenvalue weighted by atomic mass is 10.0. The number of nitrogens with zero attached hydrogens (tertiary/aromatic N) is 1. The van der Waals surface area contributed by atoms with E-state index < -0.39 is 16.1 Å². The molecule has 1 heterocycles. The number of amides is 2. The number of hydrogen-bond donors (Lipinski definition) is 3. The van der Waals surface area contributed by atoms with Crippen LogP contribution in [-0.4, -0.2) is 57.4 Å². The lowest BCUT2D eigenvalue weighted by molar-refractivity contribution is -0.133. The summed E-state index contributed by atoms with van der Waals surface area (Å²) in [5.74, 6) is -0.491. The van der Waals surface area contributed by atoms with Gasteiger partial charge in [0, 0.05) is 25.7 Å². The molecule has 2 amide bonds. The summed E-state index contributed by atoms with van der Waals surface area (Å²) in [6.07, 6.45) is 1.71. The fraction of sp³-hybridized carbons (Fsp3) is 0.529. The van der Waals surface area contributed by atoms with Gasteiger partial charge in [0.15, 0.2) is 0 Å². The highest BCUT2D eigenvalue weighted by Gasteiger charge is 2.28. The summed E-state index contributed by atoms with van der Waals surface area (Å²) in [6.45, 7) is 4.62. The summed E-state index contributed by atoms with van der Waals surface area (Å²) in [7, 11) is -2.12. The highest BCUT2D eigenvalue weighted by molar-refractivity contribution is 7.89. The Kier molecular flexibility index (Phi) is 6.74. The second-order valence-corrected chi connectivity index (χ2v) is 8.19. The zero-order chi connectivity index (χ0) is 19.3. The third-order valence-electron chi connectivity index (χ3n) is 4.39. The Morgan fingerprint density at radius 2 is 1.77 bits per heavy atom. The SMILES string of the molecule is CC(=O)Nc1ccc(S(=O)(=O)NC(C)C(=O)N(C)C2CCNCC2)cc1. The lowest BCUT2D eigenvalue weighted by Gasteiger charge is -2.33. The third-order valence-corrected chi connectivity index (χ3v) is 5.95. The van der Waals surface area contributed by atoms with E-state index in [1.54, 1.807) is 18.9 Å². The highest BCUT2D eigenvalue weighted by atomic mass is 32.2. The molecule has 1 aromatic rings. The molecule has 1 fully saturated rings. The van der Waals surface area contributed by atoms with E-state index in [4.69, 9.17) is 0 Å². The van der Waals surface area contributed by atoms with Crippen molar-refractivity contribution in [2.24, 2.45) is 0 Å². The van der Waals surface area contributed by atoms with Crippen molar-refractivity contribution in [1.29, 1.82) is 0 Å². The van der Waals surface area contributed by atoms with E-state index in [-0.39, 0.29) is 22.8 Å². The molecule has 0 spiro atoms. The molecular weight excluding hydrogens is 356 g/mol. The van der Waals surface area contributed by atoms with Crippen molar-refractivity contribution in [3.05, 3.63) is 24.3 Å². The Balaban J connectivity index is 2.02. The molecule has 144 valence electrons. The molecule has 3 N–H and O–H groups in total. The van der Waals surface area contributed by atoms with Gasteiger partial charge < -0.3 is 15.5 Å². The molecule has 26 heavy (non-hydrogen) atoms. The Morgan fingerprint density at radius 1 is 1.19 bits per heavy atom. The van der Waals surface area contributed by atoms with Crippen molar-refractivity contribution in [3.8, 4) is 0 Å². The Labute approximate surface area is 154 Å². The number of sulfonamides is 1. The molecule has 1 unspecified atom stereocenters. The van der Waals surface area contributed by atoms with Crippen molar-refractivity contribution < 1.29 is 18.0 Å². The van der Waals surface area contributed by atoms with Crippen LogP contribution in [0.2, 0.25) is 0 Å². The fourth-order valence-electron chi connectivity index (χ4n) is 2.95. The minimum atomic E-state index is -3.84. The van der Waals surface area contributed by atoms with Gasteiger partial charge in [-0.1, -0.05) is 0 Å². The fourth-order valence-corrected chi connectivity index (χ4v) is 4.15. The van der Waals surface area contributed by atoms with Gasteiger partial charge in [0.2, 0.25) is 21.8 Å². The van der Waals surface area contributed by atoms with Crippen LogP contribution in [0.4, 0.5) is 5.69 Å². The number of piperidine rings is 1. The smallest absolute Gasteiger partial charge is 0.241 e. The van der Waals surface area contributed by atoms with Gasteiger partial charge >= 0.3 is 0 Å². The number of benzene rings is 1. The molecule has 1 atom stereocenters. The van der Waals surface area contributed by atoms with Crippen LogP contribution < -0.4 is 15.4 Å². The average Bonchev–Trinajstić information content (AvgIpc) is 2.60. The van der Waals surface area contributed by atoms with Gasteiger partial charge in [0.1, 0.15) is 0 Å². The maximum Gasteiger partial charge on any atom is 0.241 e. The van der Waals surface area contributed by atoms with Crippen LogP contribution in [0, 0.1) is 0 Å². The molecule has 1 saturated heterocycles. The quantitative estimate of drug-likeness (QED) is 0.665. The van der Waals surface area contributed by atoms with E-state index in [0.717, 1.165) is 25.9 Å². The largest absolute Gasteiger partial charge is 0.341 e. The van der Waals surface area contributed by atoms with Crippen molar-refractivity contribution >= 4 is 27.5 Å². The molecule has 9 heteroatoms. The number of nitrogens with one attached hydrogen (secondary N) is 3. The first-order chi connectivity index (χ1) is 12.2. The molecule has 2 rings (SSSR count). The number of hydrogen-bond acceptors (Lipinski definition) is 5. The summed E-state index contributed by atoms with van der Waals surface area (Å²) in [5.41, 5.74) is 0.506. The zero-order valence-electron chi connectivity index (χ0n) is 15.3. The van der Waals surface area contributed by atoms with E-state index in [2.05, 4.69) is 15.4 Å². The second-order valence-electron chi connectivity index (χ2n) is 6.48. The first-order valence-electron chi connectivity index (χ1n) is 8.58. The number of likely N-dealkylation sites (N-methyl/N-ethyl adjacent to an activating group) is 1. The molecule has 1 aliphatic heterocycles. The number of carbonyl (C=O) groups excluding carboxylic acids is 2. The van der Waals surface area contributed by atoms with Gasteiger partial charge in [-0.15, -0.1) is 0 Å². The monoisotopic (exact) mass is 382 g/mol. The minimum absolute atomic E-state index is 0.0378. The first-order valence-corrected chi connectivity index (χ1v) is 10.1. The van der Waals surface area contributed by atoms with Crippen LogP contribution in [0.3, 0.4) is 0 Å². The average molecular weight is 382 g/mol. The van der Waals surface area contributed by atoms with Gasteiger partial charge in [0.05, 0.1) is 10.9 Å². The van der Waals surface area contributed by atoms with Crippen molar-refractivity contribution in [1.82, 2.24) is 14.9 Å². The topological polar surface area (TPSA) is 108 Å². The van der Waals surface area contributed by atoms with E-state index in [9.17, 15) is 18.0 Å². The second kappa shape index (κ2) is 8.61. The number of anilines is 1. The highest BCUT2D eigenvalue weighted by Crippen LogP contribution is 2.16. The van der Waals surface area contributed by atoms with Crippen LogP contribution in [0.15, 0.2) is 29.2 Å². The maximum absolute atomic E-state index is 12.6. The maximum atomic E-state index is 12.6.